The maximum Gasteiger partial charge on any atom is 0.0924 e. The van der Waals surface area contributed by atoms with Gasteiger partial charge >= 0.3 is 0 Å². The predicted octanol–water partition coefficient (Wildman–Crippen LogP) is 4.31. The highest BCUT2D eigenvalue weighted by Crippen LogP contribution is 2.31. The number of hydrogen-bond donors (Lipinski definition) is 2. The summed E-state index contributed by atoms with van der Waals surface area (Å²) in [7, 11) is 0. The van der Waals surface area contributed by atoms with Gasteiger partial charge < -0.3 is 10.3 Å². The Hall–Kier alpha value is -1.77. The minimum absolute atomic E-state index is 0.608. The summed E-state index contributed by atoms with van der Waals surface area (Å²) < 4.78 is 0. The number of nitrogens with one attached hydrogen (secondary N) is 2. The SMILES string of the molecule is CC1CCC(C)C(Nc2ccc(-c3cnc[nH]3)cc2)C1. The first-order valence-electron chi connectivity index (χ1n) is 7.57. The van der Waals surface area contributed by atoms with Gasteiger partial charge in [0.15, 0.2) is 0 Å². The number of H-pyrrole nitrogens is 1. The van der Waals surface area contributed by atoms with Gasteiger partial charge in [-0.2, -0.15) is 0 Å². The van der Waals surface area contributed by atoms with Crippen LogP contribution in [0.4, 0.5) is 5.69 Å². The molecular weight excluding hydrogens is 246 g/mol. The van der Waals surface area contributed by atoms with E-state index in [0.717, 1.165) is 17.5 Å². The lowest BCUT2D eigenvalue weighted by molar-refractivity contribution is 0.281. The number of anilines is 1. The molecule has 1 aromatic carbocycles. The Morgan fingerprint density at radius 1 is 1.15 bits per heavy atom. The van der Waals surface area contributed by atoms with Crippen LogP contribution in [0.3, 0.4) is 0 Å². The Morgan fingerprint density at radius 2 is 1.95 bits per heavy atom. The van der Waals surface area contributed by atoms with E-state index in [4.69, 9.17) is 0 Å². The van der Waals surface area contributed by atoms with Crippen molar-refractivity contribution < 1.29 is 0 Å². The fourth-order valence-corrected chi connectivity index (χ4v) is 3.11. The van der Waals surface area contributed by atoms with Crippen LogP contribution in [-0.4, -0.2) is 16.0 Å². The van der Waals surface area contributed by atoms with E-state index in [-0.39, 0.29) is 0 Å². The highest BCUT2D eigenvalue weighted by atomic mass is 14.9. The Labute approximate surface area is 120 Å². The Morgan fingerprint density at radius 3 is 2.65 bits per heavy atom. The first kappa shape index (κ1) is 13.2. The summed E-state index contributed by atoms with van der Waals surface area (Å²) in [5.74, 6) is 1.60. The molecule has 1 heterocycles. The number of imidazole rings is 1. The quantitative estimate of drug-likeness (QED) is 0.871. The lowest BCUT2D eigenvalue weighted by atomic mass is 9.80. The Bertz CT molecular complexity index is 530. The van der Waals surface area contributed by atoms with Crippen molar-refractivity contribution >= 4 is 5.69 Å². The third-order valence-electron chi connectivity index (χ3n) is 4.50. The summed E-state index contributed by atoms with van der Waals surface area (Å²) >= 11 is 0. The molecule has 0 bridgehead atoms. The van der Waals surface area contributed by atoms with Gasteiger partial charge in [-0.15, -0.1) is 0 Å². The molecule has 0 radical (unpaired) electrons. The molecule has 2 aromatic rings. The van der Waals surface area contributed by atoms with Crippen molar-refractivity contribution in [3.05, 3.63) is 36.8 Å². The third-order valence-corrected chi connectivity index (χ3v) is 4.50. The second-order valence-electron chi connectivity index (χ2n) is 6.19. The van der Waals surface area contributed by atoms with Crippen LogP contribution in [0.5, 0.6) is 0 Å². The Kier molecular flexibility index (Phi) is 3.77. The van der Waals surface area contributed by atoms with Crippen molar-refractivity contribution in [1.29, 1.82) is 0 Å². The smallest absolute Gasteiger partial charge is 0.0924 e. The molecular formula is C17H23N3. The first-order valence-corrected chi connectivity index (χ1v) is 7.57. The van der Waals surface area contributed by atoms with E-state index in [0.29, 0.717) is 6.04 Å². The van der Waals surface area contributed by atoms with Gasteiger partial charge in [-0.05, 0) is 42.4 Å². The summed E-state index contributed by atoms with van der Waals surface area (Å²) in [6.07, 6.45) is 7.56. The lowest BCUT2D eigenvalue weighted by Crippen LogP contribution is -2.33. The topological polar surface area (TPSA) is 40.7 Å². The number of benzene rings is 1. The van der Waals surface area contributed by atoms with E-state index in [1.807, 2.05) is 6.20 Å². The van der Waals surface area contributed by atoms with Crippen LogP contribution in [0.1, 0.15) is 33.1 Å². The summed E-state index contributed by atoms with van der Waals surface area (Å²) in [6, 6.07) is 9.24. The van der Waals surface area contributed by atoms with Gasteiger partial charge in [0.1, 0.15) is 0 Å². The van der Waals surface area contributed by atoms with Crippen LogP contribution < -0.4 is 5.32 Å². The molecule has 1 aromatic heterocycles. The largest absolute Gasteiger partial charge is 0.382 e. The van der Waals surface area contributed by atoms with Crippen LogP contribution >= 0.6 is 0 Å². The first-order chi connectivity index (χ1) is 9.72. The molecule has 3 nitrogen and oxygen atoms in total. The van der Waals surface area contributed by atoms with Crippen LogP contribution in [0.2, 0.25) is 0 Å². The minimum atomic E-state index is 0.608. The van der Waals surface area contributed by atoms with Gasteiger partial charge in [0, 0.05) is 11.7 Å². The fourth-order valence-electron chi connectivity index (χ4n) is 3.11. The van der Waals surface area contributed by atoms with Crippen molar-refractivity contribution in [2.75, 3.05) is 5.32 Å². The van der Waals surface area contributed by atoms with Crippen molar-refractivity contribution in [2.24, 2.45) is 11.8 Å². The zero-order valence-electron chi connectivity index (χ0n) is 12.3. The molecule has 1 fully saturated rings. The van der Waals surface area contributed by atoms with E-state index in [1.54, 1.807) is 6.33 Å². The maximum absolute atomic E-state index is 4.06. The molecule has 0 amide bonds. The number of rotatable bonds is 3. The molecule has 1 aliphatic rings. The van der Waals surface area contributed by atoms with Crippen LogP contribution in [0.25, 0.3) is 11.3 Å². The standard InChI is InChI=1S/C17H23N3/c1-12-3-4-13(2)16(9-12)20-15-7-5-14(6-8-15)17-10-18-11-19-17/h5-8,10-13,16,20H,3-4,9H2,1-2H3,(H,18,19). The highest BCUT2D eigenvalue weighted by Gasteiger charge is 2.25. The molecule has 106 valence electrons. The Balaban J connectivity index is 1.69. The number of hydrogen-bond acceptors (Lipinski definition) is 2. The van der Waals surface area contributed by atoms with Crippen molar-refractivity contribution in [3.8, 4) is 11.3 Å². The molecule has 2 N–H and O–H groups in total. The summed E-state index contributed by atoms with van der Waals surface area (Å²) in [6.45, 7) is 4.73. The number of nitrogens with zero attached hydrogens (tertiary/aromatic N) is 1. The summed E-state index contributed by atoms with van der Waals surface area (Å²) in [5, 5.41) is 3.71. The third kappa shape index (κ3) is 2.87. The van der Waals surface area contributed by atoms with E-state index in [2.05, 4.69) is 53.4 Å². The highest BCUT2D eigenvalue weighted by molar-refractivity contribution is 5.62. The summed E-state index contributed by atoms with van der Waals surface area (Å²) in [4.78, 5) is 7.20. The maximum atomic E-state index is 4.06. The second-order valence-corrected chi connectivity index (χ2v) is 6.19. The van der Waals surface area contributed by atoms with E-state index < -0.39 is 0 Å². The molecule has 3 atom stereocenters. The molecule has 0 spiro atoms. The second kappa shape index (κ2) is 5.70. The van der Waals surface area contributed by atoms with Gasteiger partial charge in [-0.1, -0.05) is 32.4 Å². The minimum Gasteiger partial charge on any atom is -0.382 e. The number of aromatic amines is 1. The van der Waals surface area contributed by atoms with Gasteiger partial charge in [0.05, 0.1) is 18.2 Å². The zero-order valence-corrected chi connectivity index (χ0v) is 12.3. The number of aromatic nitrogens is 2. The molecule has 20 heavy (non-hydrogen) atoms. The van der Waals surface area contributed by atoms with Crippen LogP contribution in [-0.2, 0) is 0 Å². The molecule has 1 aliphatic carbocycles. The van der Waals surface area contributed by atoms with E-state index >= 15 is 0 Å². The normalized spacial score (nSPS) is 26.4. The van der Waals surface area contributed by atoms with E-state index in [1.165, 1.54) is 30.5 Å². The molecule has 0 aliphatic heterocycles. The zero-order chi connectivity index (χ0) is 13.9. The lowest BCUT2D eigenvalue weighted by Gasteiger charge is -2.34. The van der Waals surface area contributed by atoms with Crippen LogP contribution in [0, 0.1) is 11.8 Å². The van der Waals surface area contributed by atoms with Crippen LogP contribution in [0.15, 0.2) is 36.8 Å². The molecule has 1 saturated carbocycles. The van der Waals surface area contributed by atoms with E-state index in [9.17, 15) is 0 Å². The predicted molar refractivity (Wildman–Crippen MR) is 83.6 cm³/mol. The van der Waals surface area contributed by atoms with Crippen molar-refractivity contribution in [2.45, 2.75) is 39.2 Å². The molecule has 3 unspecified atom stereocenters. The molecule has 3 heteroatoms. The average Bonchev–Trinajstić information content (AvgIpc) is 2.98. The molecule has 3 rings (SSSR count). The monoisotopic (exact) mass is 269 g/mol. The van der Waals surface area contributed by atoms with Gasteiger partial charge in [-0.25, -0.2) is 4.98 Å². The van der Waals surface area contributed by atoms with Gasteiger partial charge in [0.2, 0.25) is 0 Å². The summed E-state index contributed by atoms with van der Waals surface area (Å²) in [5.41, 5.74) is 3.47. The van der Waals surface area contributed by atoms with Crippen molar-refractivity contribution in [3.63, 3.8) is 0 Å². The fraction of sp³-hybridized carbons (Fsp3) is 0.471. The average molecular weight is 269 g/mol. The van der Waals surface area contributed by atoms with Gasteiger partial charge in [-0.3, -0.25) is 0 Å². The molecule has 0 saturated heterocycles. The van der Waals surface area contributed by atoms with Gasteiger partial charge in [0.25, 0.3) is 0 Å². The van der Waals surface area contributed by atoms with Crippen molar-refractivity contribution in [1.82, 2.24) is 9.97 Å².